The molecule has 29 heavy (non-hydrogen) atoms. The van der Waals surface area contributed by atoms with Crippen LogP contribution in [0, 0.1) is 0 Å². The van der Waals surface area contributed by atoms with E-state index in [-0.39, 0.29) is 24.2 Å². The molecule has 0 fully saturated rings. The smallest absolute Gasteiger partial charge is 0.325 e. The van der Waals surface area contributed by atoms with Crippen molar-refractivity contribution in [3.63, 3.8) is 0 Å². The molecule has 0 bridgehead atoms. The highest BCUT2D eigenvalue weighted by Gasteiger charge is 2.33. The van der Waals surface area contributed by atoms with Gasteiger partial charge in [-0.05, 0) is 45.1 Å². The largest absolute Gasteiger partial charge is 0.418 e. The molecule has 2 unspecified atom stereocenters. The number of carbonyl (C=O) groups excluding carboxylic acids is 1. The van der Waals surface area contributed by atoms with Crippen molar-refractivity contribution in [2.45, 2.75) is 38.0 Å². The third-order valence-corrected chi connectivity index (χ3v) is 4.43. The van der Waals surface area contributed by atoms with Crippen LogP contribution in [0.5, 0.6) is 0 Å². The summed E-state index contributed by atoms with van der Waals surface area (Å²) < 4.78 is 39.3. The van der Waals surface area contributed by atoms with Crippen LogP contribution in [0.2, 0.25) is 0 Å². The number of rotatable bonds is 9. The van der Waals surface area contributed by atoms with Crippen molar-refractivity contribution in [1.29, 1.82) is 0 Å². The number of benzene rings is 2. The fraction of sp³-hybridized carbons (Fsp3) is 0.409. The predicted octanol–water partition coefficient (Wildman–Crippen LogP) is 4.19. The van der Waals surface area contributed by atoms with Crippen LogP contribution in [-0.2, 0) is 17.4 Å². The van der Waals surface area contributed by atoms with Crippen LogP contribution in [0.25, 0.3) is 0 Å². The number of alkyl halides is 3. The Labute approximate surface area is 170 Å². The van der Waals surface area contributed by atoms with E-state index < -0.39 is 17.6 Å². The molecular formula is C22H28F3N3O. The van der Waals surface area contributed by atoms with E-state index in [1.165, 1.54) is 23.8 Å². The van der Waals surface area contributed by atoms with Gasteiger partial charge in [-0.25, -0.2) is 0 Å². The van der Waals surface area contributed by atoms with Gasteiger partial charge in [0.15, 0.2) is 0 Å². The van der Waals surface area contributed by atoms with E-state index in [4.69, 9.17) is 0 Å². The molecule has 0 saturated heterocycles. The quantitative estimate of drug-likeness (QED) is 0.655. The average molecular weight is 407 g/mol. The molecule has 4 nitrogen and oxygen atoms in total. The Hall–Kier alpha value is -2.38. The highest BCUT2D eigenvalue weighted by Crippen LogP contribution is 2.34. The predicted molar refractivity (Wildman–Crippen MR) is 110 cm³/mol. The van der Waals surface area contributed by atoms with Gasteiger partial charge in [0.25, 0.3) is 0 Å². The number of likely N-dealkylation sites (N-methyl/N-ethyl adjacent to an activating group) is 1. The van der Waals surface area contributed by atoms with Crippen LogP contribution in [0.1, 0.15) is 24.5 Å². The summed E-state index contributed by atoms with van der Waals surface area (Å²) in [6.07, 6.45) is -3.65. The number of anilines is 1. The Morgan fingerprint density at radius 2 is 1.66 bits per heavy atom. The fourth-order valence-corrected chi connectivity index (χ4v) is 3.30. The van der Waals surface area contributed by atoms with Crippen LogP contribution in [0.15, 0.2) is 54.6 Å². The van der Waals surface area contributed by atoms with E-state index in [2.05, 4.69) is 27.7 Å². The second-order valence-electron chi connectivity index (χ2n) is 7.51. The minimum absolute atomic E-state index is 0.0743. The van der Waals surface area contributed by atoms with E-state index in [1.807, 2.05) is 39.2 Å². The van der Waals surface area contributed by atoms with Crippen LogP contribution >= 0.6 is 0 Å². The summed E-state index contributed by atoms with van der Waals surface area (Å²) in [5.74, 6) is -0.454. The fourth-order valence-electron chi connectivity index (χ4n) is 3.30. The first-order valence-electron chi connectivity index (χ1n) is 9.56. The lowest BCUT2D eigenvalue weighted by molar-refractivity contribution is -0.137. The van der Waals surface area contributed by atoms with Crippen LogP contribution in [-0.4, -0.2) is 43.5 Å². The number of hydrogen-bond donors (Lipinski definition) is 2. The van der Waals surface area contributed by atoms with Gasteiger partial charge in [0.1, 0.15) is 0 Å². The van der Waals surface area contributed by atoms with Crippen LogP contribution in [0.3, 0.4) is 0 Å². The first kappa shape index (κ1) is 22.9. The van der Waals surface area contributed by atoms with Gasteiger partial charge < -0.3 is 15.5 Å². The Kier molecular flexibility index (Phi) is 8.22. The molecule has 2 N–H and O–H groups in total. The van der Waals surface area contributed by atoms with Crippen molar-refractivity contribution in [2.75, 3.05) is 26.0 Å². The zero-order valence-electron chi connectivity index (χ0n) is 17.0. The Bertz CT molecular complexity index is 778. The molecule has 0 aromatic heterocycles. The molecule has 1 amide bonds. The van der Waals surface area contributed by atoms with Gasteiger partial charge >= 0.3 is 6.18 Å². The molecular weight excluding hydrogens is 379 g/mol. The molecule has 0 saturated carbocycles. The number of carbonyl (C=O) groups is 1. The van der Waals surface area contributed by atoms with Crippen molar-refractivity contribution in [3.05, 3.63) is 65.7 Å². The van der Waals surface area contributed by atoms with Crippen LogP contribution in [0.4, 0.5) is 18.9 Å². The van der Waals surface area contributed by atoms with Gasteiger partial charge in [-0.3, -0.25) is 4.79 Å². The van der Waals surface area contributed by atoms with Crippen LogP contribution < -0.4 is 10.6 Å². The minimum atomic E-state index is -4.51. The molecule has 158 valence electrons. The maximum atomic E-state index is 13.1. The van der Waals surface area contributed by atoms with Crippen molar-refractivity contribution < 1.29 is 18.0 Å². The third-order valence-electron chi connectivity index (χ3n) is 4.43. The maximum absolute atomic E-state index is 13.1. The van der Waals surface area contributed by atoms with Crippen molar-refractivity contribution in [1.82, 2.24) is 10.2 Å². The van der Waals surface area contributed by atoms with E-state index in [1.54, 1.807) is 0 Å². The number of para-hydroxylation sites is 1. The summed E-state index contributed by atoms with van der Waals surface area (Å²) in [6, 6.07) is 15.0. The number of hydrogen-bond acceptors (Lipinski definition) is 3. The lowest BCUT2D eigenvalue weighted by Gasteiger charge is -2.26. The molecule has 2 rings (SSSR count). The highest BCUT2D eigenvalue weighted by atomic mass is 19.4. The summed E-state index contributed by atoms with van der Waals surface area (Å²) in [4.78, 5) is 14.4. The highest BCUT2D eigenvalue weighted by molar-refractivity contribution is 5.92. The summed E-state index contributed by atoms with van der Waals surface area (Å²) in [7, 11) is 3.95. The first-order valence-corrected chi connectivity index (χ1v) is 9.56. The maximum Gasteiger partial charge on any atom is 0.418 e. The van der Waals surface area contributed by atoms with E-state index >= 15 is 0 Å². The molecule has 0 spiro atoms. The van der Waals surface area contributed by atoms with E-state index in [0.717, 1.165) is 19.0 Å². The molecule has 2 atom stereocenters. The van der Waals surface area contributed by atoms with Gasteiger partial charge in [0.2, 0.25) is 5.91 Å². The zero-order chi connectivity index (χ0) is 21.4. The zero-order valence-corrected chi connectivity index (χ0v) is 17.0. The summed E-state index contributed by atoms with van der Waals surface area (Å²) in [5, 5.41) is 5.84. The molecule has 7 heteroatoms. The molecule has 0 aliphatic rings. The number of halogens is 3. The molecule has 0 aliphatic carbocycles. The SMILES string of the molecule is CC(CC(=O)Nc1ccccc1C(F)(F)F)NC(Cc1ccccc1)CN(C)C. The normalized spacial score (nSPS) is 13.9. The van der Waals surface area contributed by atoms with Gasteiger partial charge in [0, 0.05) is 25.0 Å². The van der Waals surface area contributed by atoms with Gasteiger partial charge in [-0.2, -0.15) is 13.2 Å². The van der Waals surface area contributed by atoms with Gasteiger partial charge in [-0.15, -0.1) is 0 Å². The Morgan fingerprint density at radius 1 is 1.03 bits per heavy atom. The van der Waals surface area contributed by atoms with E-state index in [9.17, 15) is 18.0 Å². The molecule has 0 radical (unpaired) electrons. The standard InChI is InChI=1S/C22H28F3N3O/c1-16(26-18(15-28(2)3)14-17-9-5-4-6-10-17)13-21(29)27-20-12-8-7-11-19(20)22(23,24)25/h4-12,16,18,26H,13-15H2,1-3H3,(H,27,29). The summed E-state index contributed by atoms with van der Waals surface area (Å²) in [6.45, 7) is 2.64. The van der Waals surface area contributed by atoms with Gasteiger partial charge in [0.05, 0.1) is 11.3 Å². The van der Waals surface area contributed by atoms with Crippen molar-refractivity contribution in [3.8, 4) is 0 Å². The summed E-state index contributed by atoms with van der Waals surface area (Å²) >= 11 is 0. The average Bonchev–Trinajstić information content (AvgIpc) is 2.61. The monoisotopic (exact) mass is 407 g/mol. The first-order chi connectivity index (χ1) is 13.6. The second-order valence-corrected chi connectivity index (χ2v) is 7.51. The lowest BCUT2D eigenvalue weighted by atomic mass is 10.0. The van der Waals surface area contributed by atoms with Crippen molar-refractivity contribution >= 4 is 11.6 Å². The second kappa shape index (κ2) is 10.4. The minimum Gasteiger partial charge on any atom is -0.325 e. The van der Waals surface area contributed by atoms with E-state index in [0.29, 0.717) is 0 Å². The topological polar surface area (TPSA) is 44.4 Å². The Morgan fingerprint density at radius 3 is 2.28 bits per heavy atom. The third kappa shape index (κ3) is 7.87. The summed E-state index contributed by atoms with van der Waals surface area (Å²) in [5.41, 5.74) is 0.123. The molecule has 2 aromatic carbocycles. The van der Waals surface area contributed by atoms with Crippen molar-refractivity contribution in [2.24, 2.45) is 0 Å². The van der Waals surface area contributed by atoms with Gasteiger partial charge in [-0.1, -0.05) is 42.5 Å². The molecule has 0 heterocycles. The lowest BCUT2D eigenvalue weighted by Crippen LogP contribution is -2.45. The number of nitrogens with zero attached hydrogens (tertiary/aromatic N) is 1. The molecule has 0 aliphatic heterocycles. The Balaban J connectivity index is 1.97. The number of nitrogens with one attached hydrogen (secondary N) is 2. The molecule has 2 aromatic rings. The number of amides is 1.